The topological polar surface area (TPSA) is 0 Å². The summed E-state index contributed by atoms with van der Waals surface area (Å²) in [6.07, 6.45) is 19.7. The molecule has 1 aliphatic rings. The van der Waals surface area contributed by atoms with Crippen LogP contribution in [0.25, 0.3) is 12.2 Å². The zero-order chi connectivity index (χ0) is 13.7. The molecule has 0 bridgehead atoms. The molecular formula is C18H17F. The molecule has 0 saturated heterocycles. The molecule has 0 spiro atoms. The summed E-state index contributed by atoms with van der Waals surface area (Å²) in [7, 11) is 0. The van der Waals surface area contributed by atoms with Gasteiger partial charge in [-0.2, -0.15) is 0 Å². The largest absolute Gasteiger partial charge is 0.207 e. The Morgan fingerprint density at radius 2 is 1.16 bits per heavy atom. The lowest BCUT2D eigenvalue weighted by molar-refractivity contribution is 0.616. The monoisotopic (exact) mass is 252 g/mol. The van der Waals surface area contributed by atoms with Crippen molar-refractivity contribution < 1.29 is 4.39 Å². The molecule has 0 N–H and O–H groups in total. The smallest absolute Gasteiger partial charge is 0.127 e. The standard InChI is InChI=1S/C18H17F/c1-14-13-18(19)15(2)17-12-10-8-6-4-3-5-7-9-11-16(14)17/h3-13H,1-2H3. The second-order valence-corrected chi connectivity index (χ2v) is 4.50. The second kappa shape index (κ2) is 6.14. The van der Waals surface area contributed by atoms with Gasteiger partial charge in [0.05, 0.1) is 0 Å². The molecule has 0 aromatic heterocycles. The lowest BCUT2D eigenvalue weighted by Crippen LogP contribution is -1.95. The Kier molecular flexibility index (Phi) is 4.30. The first-order valence-electron chi connectivity index (χ1n) is 6.34. The highest BCUT2D eigenvalue weighted by Crippen LogP contribution is 2.24. The van der Waals surface area contributed by atoms with Crippen LogP contribution in [0, 0.1) is 19.7 Å². The Balaban J connectivity index is 2.62. The van der Waals surface area contributed by atoms with Gasteiger partial charge in [-0.1, -0.05) is 60.8 Å². The second-order valence-electron chi connectivity index (χ2n) is 4.50. The Morgan fingerprint density at radius 1 is 0.684 bits per heavy atom. The van der Waals surface area contributed by atoms with Gasteiger partial charge in [0.25, 0.3) is 0 Å². The normalized spacial score (nSPS) is 14.1. The van der Waals surface area contributed by atoms with Crippen LogP contribution in [0.2, 0.25) is 0 Å². The molecule has 0 atom stereocenters. The molecule has 0 unspecified atom stereocenters. The molecule has 0 fully saturated rings. The number of hydrogen-bond donors (Lipinski definition) is 0. The van der Waals surface area contributed by atoms with E-state index in [0.717, 1.165) is 16.7 Å². The van der Waals surface area contributed by atoms with Gasteiger partial charge in [0.1, 0.15) is 5.82 Å². The van der Waals surface area contributed by atoms with Gasteiger partial charge in [-0.05, 0) is 42.2 Å². The molecule has 19 heavy (non-hydrogen) atoms. The molecule has 1 aromatic rings. The van der Waals surface area contributed by atoms with E-state index in [-0.39, 0.29) is 5.82 Å². The number of fused-ring (bicyclic) bond motifs is 1. The number of benzene rings is 1. The summed E-state index contributed by atoms with van der Waals surface area (Å²) in [5, 5.41) is 0. The van der Waals surface area contributed by atoms with Crippen LogP contribution in [0.3, 0.4) is 0 Å². The molecule has 0 amide bonds. The minimum Gasteiger partial charge on any atom is -0.207 e. The number of allylic oxidation sites excluding steroid dienone is 8. The third-order valence-corrected chi connectivity index (χ3v) is 3.12. The molecule has 0 aliphatic heterocycles. The number of hydrogen-bond acceptors (Lipinski definition) is 0. The number of aryl methyl sites for hydroxylation is 1. The first-order chi connectivity index (χ1) is 9.20. The van der Waals surface area contributed by atoms with Crippen molar-refractivity contribution in [2.45, 2.75) is 13.8 Å². The van der Waals surface area contributed by atoms with Crippen molar-refractivity contribution in [3.8, 4) is 0 Å². The van der Waals surface area contributed by atoms with E-state index in [0.29, 0.717) is 5.56 Å². The van der Waals surface area contributed by atoms with Crippen LogP contribution >= 0.6 is 0 Å². The van der Waals surface area contributed by atoms with Crippen molar-refractivity contribution in [3.63, 3.8) is 0 Å². The van der Waals surface area contributed by atoms with Crippen LogP contribution in [0.5, 0.6) is 0 Å². The quantitative estimate of drug-likeness (QED) is 0.599. The summed E-state index contributed by atoms with van der Waals surface area (Å²) in [5.74, 6) is -0.152. The van der Waals surface area contributed by atoms with E-state index in [9.17, 15) is 4.39 Å². The fourth-order valence-electron chi connectivity index (χ4n) is 2.04. The van der Waals surface area contributed by atoms with Crippen molar-refractivity contribution in [1.29, 1.82) is 0 Å². The molecule has 0 radical (unpaired) electrons. The molecule has 0 nitrogen and oxygen atoms in total. The highest BCUT2D eigenvalue weighted by atomic mass is 19.1. The SMILES string of the molecule is Cc1cc(F)c(C)c2c1C=CC=CC=CC=CC=C2. The van der Waals surface area contributed by atoms with Gasteiger partial charge < -0.3 is 0 Å². The van der Waals surface area contributed by atoms with Crippen LogP contribution in [0.4, 0.5) is 4.39 Å². The van der Waals surface area contributed by atoms with Gasteiger partial charge in [0.15, 0.2) is 0 Å². The summed E-state index contributed by atoms with van der Waals surface area (Å²) in [6.45, 7) is 3.75. The van der Waals surface area contributed by atoms with E-state index >= 15 is 0 Å². The third-order valence-electron chi connectivity index (χ3n) is 3.12. The van der Waals surface area contributed by atoms with Crippen molar-refractivity contribution in [2.75, 3.05) is 0 Å². The summed E-state index contributed by atoms with van der Waals surface area (Å²) >= 11 is 0. The lowest BCUT2D eigenvalue weighted by Gasteiger charge is -2.10. The van der Waals surface area contributed by atoms with Gasteiger partial charge in [-0.25, -0.2) is 4.39 Å². The molecule has 2 rings (SSSR count). The molecule has 1 aromatic carbocycles. The summed E-state index contributed by atoms with van der Waals surface area (Å²) in [4.78, 5) is 0. The highest BCUT2D eigenvalue weighted by Gasteiger charge is 2.09. The maximum atomic E-state index is 13.8. The number of rotatable bonds is 0. The molecule has 96 valence electrons. The number of halogens is 1. The Hall–Kier alpha value is -2.15. The minimum absolute atomic E-state index is 0.152. The van der Waals surface area contributed by atoms with Crippen molar-refractivity contribution in [2.24, 2.45) is 0 Å². The maximum absolute atomic E-state index is 13.8. The molecule has 0 heterocycles. The average molecular weight is 252 g/mol. The first-order valence-corrected chi connectivity index (χ1v) is 6.34. The zero-order valence-corrected chi connectivity index (χ0v) is 11.2. The van der Waals surface area contributed by atoms with Crippen LogP contribution in [0.1, 0.15) is 22.3 Å². The van der Waals surface area contributed by atoms with E-state index in [1.807, 2.05) is 74.6 Å². The third kappa shape index (κ3) is 3.19. The Labute approximate surface area is 114 Å². The maximum Gasteiger partial charge on any atom is 0.127 e. The summed E-state index contributed by atoms with van der Waals surface area (Å²) in [6, 6.07) is 1.59. The van der Waals surface area contributed by atoms with Crippen LogP contribution in [-0.2, 0) is 0 Å². The van der Waals surface area contributed by atoms with Crippen LogP contribution < -0.4 is 0 Å². The van der Waals surface area contributed by atoms with Gasteiger partial charge in [-0.3, -0.25) is 0 Å². The lowest BCUT2D eigenvalue weighted by atomic mass is 9.95. The molecule has 0 saturated carbocycles. The molecule has 1 aliphatic carbocycles. The first kappa shape index (κ1) is 13.3. The van der Waals surface area contributed by atoms with Crippen molar-refractivity contribution >= 4 is 12.2 Å². The average Bonchev–Trinajstić information content (AvgIpc) is 2.37. The van der Waals surface area contributed by atoms with Gasteiger partial charge in [0.2, 0.25) is 0 Å². The van der Waals surface area contributed by atoms with Crippen molar-refractivity contribution in [1.82, 2.24) is 0 Å². The van der Waals surface area contributed by atoms with E-state index in [4.69, 9.17) is 0 Å². The van der Waals surface area contributed by atoms with Gasteiger partial charge in [0, 0.05) is 0 Å². The fraction of sp³-hybridized carbons (Fsp3) is 0.111. The van der Waals surface area contributed by atoms with E-state index < -0.39 is 0 Å². The predicted molar refractivity (Wildman–Crippen MR) is 81.4 cm³/mol. The van der Waals surface area contributed by atoms with Crippen molar-refractivity contribution in [3.05, 3.63) is 82.7 Å². The molecular weight excluding hydrogens is 235 g/mol. The van der Waals surface area contributed by atoms with Crippen LogP contribution in [-0.4, -0.2) is 0 Å². The predicted octanol–water partition coefficient (Wildman–Crippen LogP) is 5.15. The van der Waals surface area contributed by atoms with Gasteiger partial charge in [-0.15, -0.1) is 0 Å². The van der Waals surface area contributed by atoms with Gasteiger partial charge >= 0.3 is 0 Å². The molecule has 1 heteroatoms. The van der Waals surface area contributed by atoms with E-state index in [1.165, 1.54) is 0 Å². The Morgan fingerprint density at radius 3 is 1.74 bits per heavy atom. The van der Waals surface area contributed by atoms with E-state index in [2.05, 4.69) is 0 Å². The highest BCUT2D eigenvalue weighted by molar-refractivity contribution is 5.71. The minimum atomic E-state index is -0.152. The fourth-order valence-corrected chi connectivity index (χ4v) is 2.04. The van der Waals surface area contributed by atoms with Crippen LogP contribution in [0.15, 0.2) is 54.7 Å². The summed E-state index contributed by atoms with van der Waals surface area (Å²) < 4.78 is 13.8. The zero-order valence-electron chi connectivity index (χ0n) is 11.2. The van der Waals surface area contributed by atoms with E-state index in [1.54, 1.807) is 6.07 Å². The Bertz CT molecular complexity index is 611. The summed E-state index contributed by atoms with van der Waals surface area (Å²) in [5.41, 5.74) is 3.64.